The third kappa shape index (κ3) is 9.24. The zero-order valence-electron chi connectivity index (χ0n) is 29.6. The van der Waals surface area contributed by atoms with Gasteiger partial charge in [-0.05, 0) is 123 Å². The van der Waals surface area contributed by atoms with Crippen molar-refractivity contribution in [3.05, 3.63) is 71.3 Å². The number of hydrogen-bond acceptors (Lipinski definition) is 9. The van der Waals surface area contributed by atoms with Crippen LogP contribution >= 0.6 is 0 Å². The van der Waals surface area contributed by atoms with Crippen LogP contribution in [-0.4, -0.2) is 60.9 Å². The van der Waals surface area contributed by atoms with Crippen LogP contribution in [0.5, 0.6) is 0 Å². The summed E-state index contributed by atoms with van der Waals surface area (Å²) in [5.74, 6) is 1.29. The Morgan fingerprint density at radius 2 is 1.19 bits per heavy atom. The van der Waals surface area contributed by atoms with Crippen molar-refractivity contribution in [2.75, 3.05) is 70.1 Å². The average molecular weight is 640 g/mol. The summed E-state index contributed by atoms with van der Waals surface area (Å²) < 4.78 is 0. The van der Waals surface area contributed by atoms with E-state index in [1.165, 1.54) is 46.6 Å². The van der Waals surface area contributed by atoms with Crippen molar-refractivity contribution in [2.45, 2.75) is 72.3 Å². The molecule has 3 aliphatic rings. The van der Waals surface area contributed by atoms with Gasteiger partial charge in [0.2, 0.25) is 0 Å². The Labute approximate surface area is 283 Å². The van der Waals surface area contributed by atoms with Crippen LogP contribution in [0.15, 0.2) is 85.3 Å². The van der Waals surface area contributed by atoms with Crippen LogP contribution in [-0.2, 0) is 12.8 Å². The molecule has 2 unspecified atom stereocenters. The number of anilines is 3. The van der Waals surface area contributed by atoms with Gasteiger partial charge in [0, 0.05) is 78.0 Å². The van der Waals surface area contributed by atoms with Gasteiger partial charge in [-0.2, -0.15) is 30.7 Å². The number of fused-ring (bicyclic) bond motifs is 3. The van der Waals surface area contributed by atoms with E-state index >= 15 is 0 Å². The van der Waals surface area contributed by atoms with E-state index in [1.54, 1.807) is 21.1 Å². The molecular weight excluding hydrogens is 582 g/mol. The second-order valence-corrected chi connectivity index (χ2v) is 13.5. The van der Waals surface area contributed by atoms with Crippen molar-refractivity contribution in [1.82, 2.24) is 0 Å². The summed E-state index contributed by atoms with van der Waals surface area (Å²) in [7, 11) is 11.6. The number of hydrogen-bond donors (Lipinski definition) is 0. The summed E-state index contributed by atoms with van der Waals surface area (Å²) in [6.45, 7) is 11.5. The number of azo groups is 3. The highest BCUT2D eigenvalue weighted by atomic mass is 15.2. The van der Waals surface area contributed by atoms with Gasteiger partial charge < -0.3 is 14.7 Å². The van der Waals surface area contributed by atoms with Crippen molar-refractivity contribution < 1.29 is 0 Å². The lowest BCUT2D eigenvalue weighted by Crippen LogP contribution is -2.45. The van der Waals surface area contributed by atoms with Gasteiger partial charge in [0.1, 0.15) is 0 Å². The normalized spacial score (nSPS) is 19.7. The minimum absolute atomic E-state index is 0. The fourth-order valence-corrected chi connectivity index (χ4v) is 6.98. The maximum atomic E-state index is 4.12. The first-order valence-electron chi connectivity index (χ1n) is 16.4. The summed E-state index contributed by atoms with van der Waals surface area (Å²) in [4.78, 5) is 6.98. The fraction of sp³-hybridized carbons (Fsp3) is 0.526. The molecule has 6 rings (SSSR count). The summed E-state index contributed by atoms with van der Waals surface area (Å²) in [5, 5.41) is 23.7. The van der Waals surface area contributed by atoms with E-state index in [4.69, 9.17) is 0 Å². The predicted molar refractivity (Wildman–Crippen MR) is 201 cm³/mol. The van der Waals surface area contributed by atoms with Crippen LogP contribution in [0.25, 0.3) is 0 Å². The van der Waals surface area contributed by atoms with E-state index < -0.39 is 0 Å². The Hall–Kier alpha value is -4.14. The third-order valence-electron chi connectivity index (χ3n) is 9.31. The van der Waals surface area contributed by atoms with Gasteiger partial charge in [0.25, 0.3) is 0 Å². The maximum Gasteiger partial charge on any atom is 0.0856 e. The van der Waals surface area contributed by atoms with Crippen LogP contribution in [0.3, 0.4) is 0 Å². The first-order valence-corrected chi connectivity index (χ1v) is 16.4. The molecule has 0 aromatic heterocycles. The topological polar surface area (TPSA) is 83.9 Å². The molecule has 254 valence electrons. The molecule has 3 aromatic carbocycles. The quantitative estimate of drug-likeness (QED) is 0.267. The molecule has 0 spiro atoms. The molecule has 0 saturated heterocycles. The lowest BCUT2D eigenvalue weighted by atomic mass is 9.80. The van der Waals surface area contributed by atoms with E-state index in [9.17, 15) is 0 Å². The van der Waals surface area contributed by atoms with Gasteiger partial charge in [-0.15, -0.1) is 0 Å². The Balaban J connectivity index is 0.000000190. The van der Waals surface area contributed by atoms with E-state index in [2.05, 4.69) is 131 Å². The molecular formula is C38H57N9. The fourth-order valence-electron chi connectivity index (χ4n) is 6.98. The minimum atomic E-state index is 0. The standard InChI is InChI=1S/C14H21N3.C12H17N3.C11H15N3.CH4/c1-10-9-14(2,3)17(5)13-7-6-11(16-15-4)8-12(10)13;1-9-6-10-7-11(14-13-2)4-5-12(10)15(3)8-9;1-12-13-10-5-6-11-9(8-10)4-3-7-14(11)2;/h6-8,10H,9H2,1-5H3;4-5,7,9H,6,8H2,1-3H3;5-6,8H,3-4,7H2,1-2H3;1H4. The molecule has 0 fully saturated rings. The maximum absolute atomic E-state index is 4.12. The van der Waals surface area contributed by atoms with Gasteiger partial charge >= 0.3 is 0 Å². The lowest BCUT2D eigenvalue weighted by Gasteiger charge is -2.45. The molecule has 9 nitrogen and oxygen atoms in total. The van der Waals surface area contributed by atoms with E-state index in [-0.39, 0.29) is 13.0 Å². The highest BCUT2D eigenvalue weighted by molar-refractivity contribution is 5.64. The summed E-state index contributed by atoms with van der Waals surface area (Å²) in [6.07, 6.45) is 4.71. The van der Waals surface area contributed by atoms with Crippen LogP contribution < -0.4 is 14.7 Å². The first-order chi connectivity index (χ1) is 22.0. The summed E-state index contributed by atoms with van der Waals surface area (Å²) in [6, 6.07) is 19.0. The summed E-state index contributed by atoms with van der Waals surface area (Å²) >= 11 is 0. The highest BCUT2D eigenvalue weighted by Crippen LogP contribution is 2.43. The largest absolute Gasteiger partial charge is 0.374 e. The van der Waals surface area contributed by atoms with Crippen LogP contribution in [0.4, 0.5) is 34.1 Å². The molecule has 47 heavy (non-hydrogen) atoms. The second kappa shape index (κ2) is 16.6. The monoisotopic (exact) mass is 639 g/mol. The molecule has 0 N–H and O–H groups in total. The van der Waals surface area contributed by atoms with Crippen molar-refractivity contribution >= 4 is 34.1 Å². The number of rotatable bonds is 3. The molecule has 0 saturated carbocycles. The Morgan fingerprint density at radius 1 is 0.681 bits per heavy atom. The Bertz CT molecular complexity index is 1560. The van der Waals surface area contributed by atoms with Crippen LogP contribution in [0, 0.1) is 5.92 Å². The number of benzene rings is 3. The molecule has 9 heteroatoms. The molecule has 3 aliphatic heterocycles. The molecule has 0 amide bonds. The first kappa shape index (κ1) is 37.3. The van der Waals surface area contributed by atoms with Crippen molar-refractivity contribution in [1.29, 1.82) is 0 Å². The zero-order chi connectivity index (χ0) is 33.4. The second-order valence-electron chi connectivity index (χ2n) is 13.5. The van der Waals surface area contributed by atoms with Crippen molar-refractivity contribution in [3.63, 3.8) is 0 Å². The molecule has 3 heterocycles. The van der Waals surface area contributed by atoms with E-state index in [0.29, 0.717) is 5.92 Å². The lowest BCUT2D eigenvalue weighted by molar-refractivity contribution is 0.395. The molecule has 0 aliphatic carbocycles. The van der Waals surface area contributed by atoms with Gasteiger partial charge in [-0.25, -0.2) is 0 Å². The molecule has 0 radical (unpaired) electrons. The molecule has 2 atom stereocenters. The minimum Gasteiger partial charge on any atom is -0.374 e. The van der Waals surface area contributed by atoms with Gasteiger partial charge in [0.15, 0.2) is 0 Å². The highest BCUT2D eigenvalue weighted by Gasteiger charge is 2.34. The van der Waals surface area contributed by atoms with E-state index in [1.807, 2.05) is 18.2 Å². The Kier molecular flexibility index (Phi) is 13.2. The van der Waals surface area contributed by atoms with Crippen LogP contribution in [0.2, 0.25) is 0 Å². The third-order valence-corrected chi connectivity index (χ3v) is 9.31. The van der Waals surface area contributed by atoms with E-state index in [0.717, 1.165) is 48.9 Å². The SMILES string of the molecule is C.CN=Nc1ccc2c(c1)C(C)CC(C)(C)N2C.CN=Nc1ccc2c(c1)CC(C)CN2C.CN=Nc1ccc2c(c1)CCCN2C. The predicted octanol–water partition coefficient (Wildman–Crippen LogP) is 10.6. The number of nitrogens with zero attached hydrogens (tertiary/aromatic N) is 9. The average Bonchev–Trinajstić information content (AvgIpc) is 3.01. The zero-order valence-corrected chi connectivity index (χ0v) is 29.6. The molecule has 0 bridgehead atoms. The van der Waals surface area contributed by atoms with Crippen molar-refractivity contribution in [2.24, 2.45) is 36.6 Å². The number of aryl methyl sites for hydroxylation is 1. The van der Waals surface area contributed by atoms with Crippen LogP contribution in [0.1, 0.15) is 70.6 Å². The van der Waals surface area contributed by atoms with Gasteiger partial charge in [-0.1, -0.05) is 21.3 Å². The van der Waals surface area contributed by atoms with Gasteiger partial charge in [0.05, 0.1) is 17.1 Å². The van der Waals surface area contributed by atoms with Gasteiger partial charge in [-0.3, -0.25) is 0 Å². The smallest absolute Gasteiger partial charge is 0.0856 e. The summed E-state index contributed by atoms with van der Waals surface area (Å²) in [5.41, 5.74) is 11.3. The molecule has 3 aromatic rings. The van der Waals surface area contributed by atoms with Crippen molar-refractivity contribution in [3.8, 4) is 0 Å². The Morgan fingerprint density at radius 3 is 1.77 bits per heavy atom.